The maximum Gasteiger partial charge on any atom is 0.223 e. The molecule has 7 rings (SSSR count). The Labute approximate surface area is 177 Å². The standard InChI is InChI=1S/C23H30N6O/c30-22(16-23-13-17-10-18(14-23)12-19(11-17)15-23)28-8-6-27(7-9-28)20-2-3-21(26-25-20)29-5-1-4-24-29/h1-5,17-19H,6-16H2. The van der Waals surface area contributed by atoms with Crippen LogP contribution in [-0.2, 0) is 4.79 Å². The smallest absolute Gasteiger partial charge is 0.223 e. The summed E-state index contributed by atoms with van der Waals surface area (Å²) in [6, 6.07) is 5.81. The molecule has 2 aromatic heterocycles. The van der Waals surface area contributed by atoms with Crippen LogP contribution in [0.2, 0.25) is 0 Å². The molecule has 4 aliphatic carbocycles. The molecule has 3 heterocycles. The summed E-state index contributed by atoms with van der Waals surface area (Å²) in [6.07, 6.45) is 12.6. The van der Waals surface area contributed by atoms with E-state index in [9.17, 15) is 4.79 Å². The van der Waals surface area contributed by atoms with Crippen LogP contribution < -0.4 is 4.90 Å². The van der Waals surface area contributed by atoms with E-state index in [1.54, 1.807) is 10.9 Å². The second kappa shape index (κ2) is 7.06. The van der Waals surface area contributed by atoms with E-state index in [2.05, 4.69) is 25.1 Å². The van der Waals surface area contributed by atoms with E-state index in [4.69, 9.17) is 0 Å². The lowest BCUT2D eigenvalue weighted by molar-refractivity contribution is -0.139. The van der Waals surface area contributed by atoms with E-state index >= 15 is 0 Å². The molecule has 1 saturated heterocycles. The van der Waals surface area contributed by atoms with Gasteiger partial charge in [-0.2, -0.15) is 5.10 Å². The third-order valence-electron chi connectivity index (χ3n) is 8.02. The predicted octanol–water partition coefficient (Wildman–Crippen LogP) is 2.92. The van der Waals surface area contributed by atoms with E-state index in [-0.39, 0.29) is 0 Å². The molecule has 2 aromatic rings. The highest BCUT2D eigenvalue weighted by Gasteiger charge is 2.51. The van der Waals surface area contributed by atoms with E-state index in [0.29, 0.717) is 17.1 Å². The largest absolute Gasteiger partial charge is 0.352 e. The summed E-state index contributed by atoms with van der Waals surface area (Å²) in [7, 11) is 0. The van der Waals surface area contributed by atoms with Gasteiger partial charge in [0.25, 0.3) is 0 Å². The molecule has 5 aliphatic rings. The first-order valence-electron chi connectivity index (χ1n) is 11.5. The van der Waals surface area contributed by atoms with Crippen molar-refractivity contribution in [3.8, 4) is 5.82 Å². The molecule has 30 heavy (non-hydrogen) atoms. The SMILES string of the molecule is O=C(CC12CC3CC(CC(C3)C1)C2)N1CCN(c2ccc(-n3cccn3)nn2)CC1. The molecule has 7 heteroatoms. The fraction of sp³-hybridized carbons (Fsp3) is 0.652. The Hall–Kier alpha value is -2.44. The van der Waals surface area contributed by atoms with Gasteiger partial charge in [-0.1, -0.05) is 0 Å². The van der Waals surface area contributed by atoms with Crippen LogP contribution in [0.25, 0.3) is 5.82 Å². The maximum absolute atomic E-state index is 13.2. The summed E-state index contributed by atoms with van der Waals surface area (Å²) >= 11 is 0. The monoisotopic (exact) mass is 406 g/mol. The molecule has 1 aliphatic heterocycles. The zero-order valence-corrected chi connectivity index (χ0v) is 17.5. The molecule has 4 bridgehead atoms. The Morgan fingerprint density at radius 3 is 2.13 bits per heavy atom. The van der Waals surface area contributed by atoms with Gasteiger partial charge in [-0.05, 0) is 79.9 Å². The van der Waals surface area contributed by atoms with Crippen LogP contribution in [0.1, 0.15) is 44.9 Å². The first-order valence-corrected chi connectivity index (χ1v) is 11.5. The summed E-state index contributed by atoms with van der Waals surface area (Å²) in [6.45, 7) is 3.21. The fourth-order valence-corrected chi connectivity index (χ4v) is 7.14. The topological polar surface area (TPSA) is 67.2 Å². The molecule has 0 aromatic carbocycles. The molecule has 4 saturated carbocycles. The highest BCUT2D eigenvalue weighted by molar-refractivity contribution is 5.77. The van der Waals surface area contributed by atoms with Crippen LogP contribution in [0.4, 0.5) is 5.82 Å². The Morgan fingerprint density at radius 1 is 0.933 bits per heavy atom. The Balaban J connectivity index is 1.06. The molecule has 7 nitrogen and oxygen atoms in total. The van der Waals surface area contributed by atoms with Crippen molar-refractivity contribution in [1.82, 2.24) is 24.9 Å². The molecule has 0 atom stereocenters. The minimum absolute atomic E-state index is 0.330. The highest BCUT2D eigenvalue weighted by Crippen LogP contribution is 2.61. The number of nitrogens with zero attached hydrogens (tertiary/aromatic N) is 6. The van der Waals surface area contributed by atoms with Gasteiger partial charge in [-0.3, -0.25) is 4.79 Å². The van der Waals surface area contributed by atoms with Crippen LogP contribution in [0, 0.1) is 23.2 Å². The van der Waals surface area contributed by atoms with Crippen molar-refractivity contribution in [2.75, 3.05) is 31.1 Å². The normalized spacial score (nSPS) is 32.6. The first-order chi connectivity index (χ1) is 14.7. The average Bonchev–Trinajstić information content (AvgIpc) is 3.28. The van der Waals surface area contributed by atoms with E-state index < -0.39 is 0 Å². The van der Waals surface area contributed by atoms with Gasteiger partial charge in [0.1, 0.15) is 0 Å². The van der Waals surface area contributed by atoms with Crippen LogP contribution in [0.3, 0.4) is 0 Å². The van der Waals surface area contributed by atoms with Crippen LogP contribution in [0.15, 0.2) is 30.6 Å². The maximum atomic E-state index is 13.2. The number of rotatable bonds is 4. The molecule has 0 spiro atoms. The second-order valence-electron chi connectivity index (χ2n) is 10.2. The predicted molar refractivity (Wildman–Crippen MR) is 113 cm³/mol. The van der Waals surface area contributed by atoms with Crippen molar-refractivity contribution in [3.63, 3.8) is 0 Å². The third kappa shape index (κ3) is 3.28. The lowest BCUT2D eigenvalue weighted by Crippen LogP contribution is -2.52. The summed E-state index contributed by atoms with van der Waals surface area (Å²) in [5.74, 6) is 4.70. The Morgan fingerprint density at radius 2 is 1.57 bits per heavy atom. The molecule has 5 fully saturated rings. The van der Waals surface area contributed by atoms with Gasteiger partial charge < -0.3 is 9.80 Å². The summed E-state index contributed by atoms with van der Waals surface area (Å²) in [5, 5.41) is 12.9. The van der Waals surface area contributed by atoms with Gasteiger partial charge in [0, 0.05) is 45.0 Å². The summed E-state index contributed by atoms with van der Waals surface area (Å²) in [5.41, 5.74) is 0.330. The van der Waals surface area contributed by atoms with Crippen LogP contribution in [-0.4, -0.2) is 57.0 Å². The van der Waals surface area contributed by atoms with Crippen molar-refractivity contribution in [2.24, 2.45) is 23.2 Å². The molecular weight excluding hydrogens is 376 g/mol. The van der Waals surface area contributed by atoms with Crippen molar-refractivity contribution >= 4 is 11.7 Å². The van der Waals surface area contributed by atoms with E-state index in [0.717, 1.165) is 56.2 Å². The fourth-order valence-electron chi connectivity index (χ4n) is 7.14. The van der Waals surface area contributed by atoms with Crippen LogP contribution >= 0.6 is 0 Å². The second-order valence-corrected chi connectivity index (χ2v) is 10.2. The van der Waals surface area contributed by atoms with E-state index in [1.165, 1.54) is 38.5 Å². The molecule has 0 unspecified atom stereocenters. The third-order valence-corrected chi connectivity index (χ3v) is 8.02. The van der Waals surface area contributed by atoms with Crippen molar-refractivity contribution in [3.05, 3.63) is 30.6 Å². The zero-order chi connectivity index (χ0) is 20.1. The van der Waals surface area contributed by atoms with Crippen molar-refractivity contribution in [2.45, 2.75) is 44.9 Å². The number of hydrogen-bond donors (Lipinski definition) is 0. The quantitative estimate of drug-likeness (QED) is 0.781. The van der Waals surface area contributed by atoms with Crippen LogP contribution in [0.5, 0.6) is 0 Å². The van der Waals surface area contributed by atoms with Gasteiger partial charge in [0.2, 0.25) is 5.91 Å². The Bertz CT molecular complexity index is 865. The first kappa shape index (κ1) is 18.3. The van der Waals surface area contributed by atoms with Gasteiger partial charge in [-0.15, -0.1) is 10.2 Å². The lowest BCUT2D eigenvalue weighted by atomic mass is 9.49. The minimum Gasteiger partial charge on any atom is -0.352 e. The van der Waals surface area contributed by atoms with Gasteiger partial charge >= 0.3 is 0 Å². The number of amides is 1. The number of carbonyl (C=O) groups is 1. The van der Waals surface area contributed by atoms with Gasteiger partial charge in [-0.25, -0.2) is 4.68 Å². The lowest BCUT2D eigenvalue weighted by Gasteiger charge is -2.57. The highest BCUT2D eigenvalue weighted by atomic mass is 16.2. The Kier molecular flexibility index (Phi) is 4.32. The number of aromatic nitrogens is 4. The van der Waals surface area contributed by atoms with Gasteiger partial charge in [0.05, 0.1) is 0 Å². The summed E-state index contributed by atoms with van der Waals surface area (Å²) in [4.78, 5) is 17.5. The van der Waals surface area contributed by atoms with Gasteiger partial charge in [0.15, 0.2) is 11.6 Å². The number of carbonyl (C=O) groups excluding carboxylic acids is 1. The number of hydrogen-bond acceptors (Lipinski definition) is 5. The molecule has 0 N–H and O–H groups in total. The number of anilines is 1. The molecule has 1 amide bonds. The zero-order valence-electron chi connectivity index (χ0n) is 17.5. The number of piperazine rings is 1. The van der Waals surface area contributed by atoms with Crippen molar-refractivity contribution < 1.29 is 4.79 Å². The molecule has 158 valence electrons. The summed E-state index contributed by atoms with van der Waals surface area (Å²) < 4.78 is 1.71. The molecular formula is C23H30N6O. The average molecular weight is 407 g/mol. The van der Waals surface area contributed by atoms with E-state index in [1.807, 2.05) is 24.4 Å². The van der Waals surface area contributed by atoms with Crippen molar-refractivity contribution in [1.29, 1.82) is 0 Å². The minimum atomic E-state index is 0.330. The molecule has 0 radical (unpaired) electrons.